The summed E-state index contributed by atoms with van der Waals surface area (Å²) in [6.07, 6.45) is 1.02. The van der Waals surface area contributed by atoms with Crippen LogP contribution in [0.3, 0.4) is 0 Å². The van der Waals surface area contributed by atoms with E-state index in [1.54, 1.807) is 23.1 Å². The van der Waals surface area contributed by atoms with Crippen LogP contribution in [0.25, 0.3) is 10.9 Å². The van der Waals surface area contributed by atoms with E-state index < -0.39 is 0 Å². The van der Waals surface area contributed by atoms with E-state index in [9.17, 15) is 9.59 Å². The smallest absolute Gasteiger partial charge is 0.258 e. The summed E-state index contributed by atoms with van der Waals surface area (Å²) < 4.78 is 5.68. The lowest BCUT2D eigenvalue weighted by Gasteiger charge is -2.20. The van der Waals surface area contributed by atoms with Gasteiger partial charge in [-0.3, -0.25) is 9.59 Å². The van der Waals surface area contributed by atoms with Crippen molar-refractivity contribution >= 4 is 16.8 Å². The van der Waals surface area contributed by atoms with Crippen LogP contribution in [0.5, 0.6) is 5.75 Å². The molecule has 0 aliphatic heterocycles. The van der Waals surface area contributed by atoms with Crippen LogP contribution in [0.2, 0.25) is 0 Å². The summed E-state index contributed by atoms with van der Waals surface area (Å²) in [4.78, 5) is 33.7. The summed E-state index contributed by atoms with van der Waals surface area (Å²) in [5.74, 6) is 1.32. The van der Waals surface area contributed by atoms with Gasteiger partial charge in [-0.05, 0) is 44.5 Å². The van der Waals surface area contributed by atoms with Crippen molar-refractivity contribution < 1.29 is 9.53 Å². The summed E-state index contributed by atoms with van der Waals surface area (Å²) in [6.45, 7) is 5.26. The number of aryl methyl sites for hydroxylation is 1. The number of carbonyl (C=O) groups is 1. The van der Waals surface area contributed by atoms with E-state index >= 15 is 0 Å². The Morgan fingerprint density at radius 3 is 2.64 bits per heavy atom. The Morgan fingerprint density at radius 1 is 1.14 bits per heavy atom. The minimum absolute atomic E-state index is 0.0193. The number of fused-ring (bicyclic) bond motifs is 1. The highest BCUT2D eigenvalue weighted by atomic mass is 16.5. The van der Waals surface area contributed by atoms with Gasteiger partial charge in [-0.15, -0.1) is 0 Å². The van der Waals surface area contributed by atoms with Crippen LogP contribution < -0.4 is 10.3 Å². The topological polar surface area (TPSA) is 75.3 Å². The van der Waals surface area contributed by atoms with E-state index in [1.807, 2.05) is 44.2 Å². The molecule has 3 aromatic rings. The number of ether oxygens (including phenoxy) is 1. The SMILES string of the molecule is CCN(Cc1nc2ccccc2c(=O)[nH]1)C(=O)CCCOc1ccc(C)cc1. The zero-order valence-corrected chi connectivity index (χ0v) is 16.3. The van der Waals surface area contributed by atoms with Gasteiger partial charge < -0.3 is 14.6 Å². The third-order valence-corrected chi connectivity index (χ3v) is 4.56. The molecule has 0 bridgehead atoms. The maximum Gasteiger partial charge on any atom is 0.258 e. The number of para-hydroxylation sites is 1. The number of H-pyrrole nitrogens is 1. The van der Waals surface area contributed by atoms with E-state index in [0.29, 0.717) is 42.7 Å². The van der Waals surface area contributed by atoms with Crippen molar-refractivity contribution in [3.8, 4) is 5.75 Å². The Balaban J connectivity index is 1.55. The molecule has 2 aromatic carbocycles. The second kappa shape index (κ2) is 9.17. The number of hydrogen-bond acceptors (Lipinski definition) is 4. The molecule has 0 spiro atoms. The minimum atomic E-state index is -0.185. The molecule has 0 saturated carbocycles. The molecular formula is C22H25N3O3. The Labute approximate surface area is 164 Å². The van der Waals surface area contributed by atoms with Crippen LogP contribution in [0, 0.1) is 6.92 Å². The molecule has 146 valence electrons. The average Bonchev–Trinajstić information content (AvgIpc) is 2.70. The lowest BCUT2D eigenvalue weighted by molar-refractivity contribution is -0.131. The summed E-state index contributed by atoms with van der Waals surface area (Å²) >= 11 is 0. The van der Waals surface area contributed by atoms with E-state index in [4.69, 9.17) is 4.74 Å². The molecule has 1 heterocycles. The zero-order chi connectivity index (χ0) is 19.9. The first-order valence-corrected chi connectivity index (χ1v) is 9.52. The first-order valence-electron chi connectivity index (χ1n) is 9.52. The van der Waals surface area contributed by atoms with Crippen LogP contribution >= 0.6 is 0 Å². The lowest BCUT2D eigenvalue weighted by Crippen LogP contribution is -2.32. The fraction of sp³-hybridized carbons (Fsp3) is 0.318. The van der Waals surface area contributed by atoms with Crippen molar-refractivity contribution in [2.45, 2.75) is 33.2 Å². The molecule has 0 aliphatic carbocycles. The first-order chi connectivity index (χ1) is 13.6. The molecule has 0 aliphatic rings. The lowest BCUT2D eigenvalue weighted by atomic mass is 10.2. The maximum atomic E-state index is 12.5. The third-order valence-electron chi connectivity index (χ3n) is 4.56. The fourth-order valence-corrected chi connectivity index (χ4v) is 2.97. The van der Waals surface area contributed by atoms with Gasteiger partial charge in [0, 0.05) is 13.0 Å². The Kier molecular flexibility index (Phi) is 6.42. The van der Waals surface area contributed by atoms with E-state index in [0.717, 1.165) is 5.75 Å². The van der Waals surface area contributed by atoms with Gasteiger partial charge in [0.2, 0.25) is 5.91 Å². The number of amides is 1. The molecule has 0 unspecified atom stereocenters. The van der Waals surface area contributed by atoms with E-state index in [1.165, 1.54) is 5.56 Å². The summed E-state index contributed by atoms with van der Waals surface area (Å²) in [5, 5.41) is 0.550. The van der Waals surface area contributed by atoms with Gasteiger partial charge in [0.25, 0.3) is 5.56 Å². The van der Waals surface area contributed by atoms with Gasteiger partial charge in [-0.2, -0.15) is 0 Å². The van der Waals surface area contributed by atoms with Gasteiger partial charge in [0.15, 0.2) is 0 Å². The highest BCUT2D eigenvalue weighted by Gasteiger charge is 2.14. The first kappa shape index (κ1) is 19.6. The molecule has 0 radical (unpaired) electrons. The van der Waals surface area contributed by atoms with Crippen LogP contribution in [-0.4, -0.2) is 33.9 Å². The molecule has 6 nitrogen and oxygen atoms in total. The predicted octanol–water partition coefficient (Wildman–Crippen LogP) is 3.44. The average molecular weight is 379 g/mol. The number of carbonyl (C=O) groups excluding carboxylic acids is 1. The molecule has 6 heteroatoms. The van der Waals surface area contributed by atoms with Crippen molar-refractivity contribution in [2.24, 2.45) is 0 Å². The molecule has 0 saturated heterocycles. The fourth-order valence-electron chi connectivity index (χ4n) is 2.97. The van der Waals surface area contributed by atoms with Crippen LogP contribution in [0.15, 0.2) is 53.3 Å². The number of nitrogens with one attached hydrogen (secondary N) is 1. The second-order valence-electron chi connectivity index (χ2n) is 6.70. The molecule has 0 fully saturated rings. The number of benzene rings is 2. The molecule has 3 rings (SSSR count). The summed E-state index contributed by atoms with van der Waals surface area (Å²) in [5.41, 5.74) is 1.63. The quantitative estimate of drug-likeness (QED) is 0.609. The number of aromatic amines is 1. The Morgan fingerprint density at radius 2 is 1.89 bits per heavy atom. The summed E-state index contributed by atoms with van der Waals surface area (Å²) in [7, 11) is 0. The van der Waals surface area contributed by atoms with E-state index in [2.05, 4.69) is 9.97 Å². The molecule has 0 atom stereocenters. The van der Waals surface area contributed by atoms with Crippen LogP contribution in [0.1, 0.15) is 31.2 Å². The number of aromatic nitrogens is 2. The third kappa shape index (κ3) is 4.97. The number of hydrogen-bond donors (Lipinski definition) is 1. The Hall–Kier alpha value is -3.15. The number of rotatable bonds is 8. The number of nitrogens with zero attached hydrogens (tertiary/aromatic N) is 2. The van der Waals surface area contributed by atoms with Gasteiger partial charge >= 0.3 is 0 Å². The van der Waals surface area contributed by atoms with E-state index in [-0.39, 0.29) is 18.0 Å². The summed E-state index contributed by atoms with van der Waals surface area (Å²) in [6, 6.07) is 15.0. The second-order valence-corrected chi connectivity index (χ2v) is 6.70. The molecular weight excluding hydrogens is 354 g/mol. The van der Waals surface area contributed by atoms with Gasteiger partial charge in [-0.1, -0.05) is 29.8 Å². The van der Waals surface area contributed by atoms with Crippen molar-refractivity contribution in [2.75, 3.05) is 13.2 Å². The highest BCUT2D eigenvalue weighted by molar-refractivity contribution is 5.77. The van der Waals surface area contributed by atoms with Crippen molar-refractivity contribution in [3.05, 3.63) is 70.3 Å². The largest absolute Gasteiger partial charge is 0.494 e. The van der Waals surface area contributed by atoms with Crippen LogP contribution in [-0.2, 0) is 11.3 Å². The highest BCUT2D eigenvalue weighted by Crippen LogP contribution is 2.12. The Bertz CT molecular complexity index is 996. The van der Waals surface area contributed by atoms with Crippen molar-refractivity contribution in [3.63, 3.8) is 0 Å². The molecule has 1 N–H and O–H groups in total. The van der Waals surface area contributed by atoms with Gasteiger partial charge in [0.1, 0.15) is 11.6 Å². The molecule has 1 aromatic heterocycles. The van der Waals surface area contributed by atoms with Gasteiger partial charge in [-0.25, -0.2) is 4.98 Å². The van der Waals surface area contributed by atoms with Crippen molar-refractivity contribution in [1.29, 1.82) is 0 Å². The normalized spacial score (nSPS) is 10.8. The predicted molar refractivity (Wildman–Crippen MR) is 109 cm³/mol. The van der Waals surface area contributed by atoms with Gasteiger partial charge in [0.05, 0.1) is 24.1 Å². The molecule has 1 amide bonds. The van der Waals surface area contributed by atoms with Crippen molar-refractivity contribution in [1.82, 2.24) is 14.9 Å². The van der Waals surface area contributed by atoms with Crippen LogP contribution in [0.4, 0.5) is 0 Å². The molecule has 28 heavy (non-hydrogen) atoms. The maximum absolute atomic E-state index is 12.5. The minimum Gasteiger partial charge on any atom is -0.494 e. The zero-order valence-electron chi connectivity index (χ0n) is 16.3. The standard InChI is InChI=1S/C22H25N3O3/c1-3-25(15-20-23-19-8-5-4-7-18(19)22(27)24-20)21(26)9-6-14-28-17-12-10-16(2)11-13-17/h4-5,7-8,10-13H,3,6,9,14-15H2,1-2H3,(H,23,24,27). The monoisotopic (exact) mass is 379 g/mol.